The maximum atomic E-state index is 14.2. The zero-order chi connectivity index (χ0) is 18.4. The minimum absolute atomic E-state index is 0.362. The molecule has 1 aliphatic carbocycles. The number of halogens is 2. The van der Waals surface area contributed by atoms with Crippen LogP contribution in [0.15, 0.2) is 47.4 Å². The number of rotatable bonds is 3. The molecule has 2 nitrogen and oxygen atoms in total. The number of hydrogen-bond donors (Lipinski definition) is 0. The second-order valence-electron chi connectivity index (χ2n) is 6.34. The minimum Gasteiger partial charge on any atom is -0.224 e. The molecule has 0 saturated heterocycles. The van der Waals surface area contributed by atoms with Gasteiger partial charge >= 0.3 is 0 Å². The van der Waals surface area contributed by atoms with E-state index in [1.54, 1.807) is 0 Å². The summed E-state index contributed by atoms with van der Waals surface area (Å²) < 4.78 is 51.6. The van der Waals surface area contributed by atoms with Gasteiger partial charge in [0.25, 0.3) is 0 Å². The van der Waals surface area contributed by atoms with Gasteiger partial charge in [0.2, 0.25) is 0 Å². The van der Waals surface area contributed by atoms with Crippen molar-refractivity contribution in [2.24, 2.45) is 0 Å². The van der Waals surface area contributed by atoms with Gasteiger partial charge in [-0.1, -0.05) is 30.4 Å². The molecule has 130 valence electrons. The Bertz CT molecular complexity index is 1010. The lowest BCUT2D eigenvalue weighted by Gasteiger charge is -2.12. The Morgan fingerprint density at radius 2 is 1.56 bits per heavy atom. The molecule has 25 heavy (non-hydrogen) atoms. The van der Waals surface area contributed by atoms with Crippen molar-refractivity contribution in [1.29, 1.82) is 0 Å². The summed E-state index contributed by atoms with van der Waals surface area (Å²) in [6, 6.07) is 8.23. The van der Waals surface area contributed by atoms with E-state index in [1.165, 1.54) is 5.56 Å². The van der Waals surface area contributed by atoms with Crippen LogP contribution in [0.4, 0.5) is 8.78 Å². The van der Waals surface area contributed by atoms with Crippen LogP contribution in [0.3, 0.4) is 0 Å². The summed E-state index contributed by atoms with van der Waals surface area (Å²) in [7, 11) is -3.96. The number of sulfone groups is 1. The fraction of sp³-hybridized carbons (Fsp3) is 0.200. The third-order valence-corrected chi connectivity index (χ3v) is 5.60. The third kappa shape index (κ3) is 3.29. The van der Waals surface area contributed by atoms with Crippen LogP contribution < -0.4 is 0 Å². The van der Waals surface area contributed by atoms with Crippen molar-refractivity contribution in [1.82, 2.24) is 0 Å². The molecule has 0 radical (unpaired) electrons. The van der Waals surface area contributed by atoms with Crippen molar-refractivity contribution in [3.05, 3.63) is 76.4 Å². The normalized spacial score (nSPS) is 14.4. The van der Waals surface area contributed by atoms with Crippen molar-refractivity contribution >= 4 is 21.0 Å². The summed E-state index contributed by atoms with van der Waals surface area (Å²) in [5, 5.41) is 0. The highest BCUT2D eigenvalue weighted by Crippen LogP contribution is 2.37. The van der Waals surface area contributed by atoms with Crippen LogP contribution in [0, 0.1) is 25.5 Å². The molecule has 5 heteroatoms. The number of hydrogen-bond acceptors (Lipinski definition) is 2. The fourth-order valence-corrected chi connectivity index (χ4v) is 3.87. The van der Waals surface area contributed by atoms with E-state index in [9.17, 15) is 17.2 Å². The van der Waals surface area contributed by atoms with Crippen LogP contribution in [0.2, 0.25) is 0 Å². The molecule has 0 atom stereocenters. The lowest BCUT2D eigenvalue weighted by molar-refractivity contribution is 0.520. The average Bonchev–Trinajstić information content (AvgIpc) is 2.97. The Labute approximate surface area is 146 Å². The van der Waals surface area contributed by atoms with Crippen molar-refractivity contribution in [2.45, 2.75) is 25.2 Å². The molecule has 3 rings (SSSR count). The highest BCUT2D eigenvalue weighted by Gasteiger charge is 2.23. The second-order valence-corrected chi connectivity index (χ2v) is 8.29. The van der Waals surface area contributed by atoms with E-state index in [4.69, 9.17) is 0 Å². The first kappa shape index (κ1) is 17.5. The highest BCUT2D eigenvalue weighted by molar-refractivity contribution is 7.90. The second kappa shape index (κ2) is 6.23. The lowest BCUT2D eigenvalue weighted by Crippen LogP contribution is -2.05. The van der Waals surface area contributed by atoms with Gasteiger partial charge in [0.15, 0.2) is 9.84 Å². The molecule has 2 aromatic rings. The van der Waals surface area contributed by atoms with Gasteiger partial charge in [-0.2, -0.15) is 0 Å². The van der Waals surface area contributed by atoms with Gasteiger partial charge in [-0.25, -0.2) is 17.2 Å². The molecule has 0 aliphatic heterocycles. The smallest absolute Gasteiger partial charge is 0.181 e. The topological polar surface area (TPSA) is 34.1 Å². The molecular formula is C20H18F2O2S. The predicted molar refractivity (Wildman–Crippen MR) is 96.0 cm³/mol. The summed E-state index contributed by atoms with van der Waals surface area (Å²) in [4.78, 5) is -0.879. The molecule has 0 aromatic heterocycles. The van der Waals surface area contributed by atoms with E-state index in [0.717, 1.165) is 40.7 Å². The fourth-order valence-electron chi connectivity index (χ4n) is 3.05. The molecule has 0 spiro atoms. The highest BCUT2D eigenvalue weighted by atomic mass is 32.2. The molecule has 0 bridgehead atoms. The summed E-state index contributed by atoms with van der Waals surface area (Å²) in [6.45, 7) is 4.03. The largest absolute Gasteiger partial charge is 0.224 e. The van der Waals surface area contributed by atoms with Gasteiger partial charge in [-0.15, -0.1) is 0 Å². The first-order valence-electron chi connectivity index (χ1n) is 7.85. The van der Waals surface area contributed by atoms with Crippen LogP contribution in [0.25, 0.3) is 11.1 Å². The van der Waals surface area contributed by atoms with E-state index >= 15 is 0 Å². The monoisotopic (exact) mass is 360 g/mol. The quantitative estimate of drug-likeness (QED) is 0.784. The van der Waals surface area contributed by atoms with Crippen LogP contribution in [-0.2, 0) is 9.84 Å². The molecule has 0 heterocycles. The minimum atomic E-state index is -3.96. The zero-order valence-electron chi connectivity index (χ0n) is 14.2. The summed E-state index contributed by atoms with van der Waals surface area (Å²) >= 11 is 0. The molecule has 0 fully saturated rings. The molecular weight excluding hydrogens is 342 g/mol. The van der Waals surface area contributed by atoms with Gasteiger partial charge in [-0.05, 0) is 65.8 Å². The Morgan fingerprint density at radius 1 is 0.920 bits per heavy atom. The van der Waals surface area contributed by atoms with E-state index in [1.807, 2.05) is 44.2 Å². The number of allylic oxidation sites excluding steroid dienone is 4. The maximum Gasteiger partial charge on any atom is 0.181 e. The summed E-state index contributed by atoms with van der Waals surface area (Å²) in [5.74, 6) is -2.12. The Kier molecular flexibility index (Phi) is 4.37. The zero-order valence-corrected chi connectivity index (χ0v) is 15.0. The predicted octanol–water partition coefficient (Wildman–Crippen LogP) is 4.86. The van der Waals surface area contributed by atoms with Crippen molar-refractivity contribution < 1.29 is 17.2 Å². The molecule has 0 N–H and O–H groups in total. The molecule has 0 amide bonds. The number of aryl methyl sites for hydroxylation is 2. The van der Waals surface area contributed by atoms with Gasteiger partial charge in [0.1, 0.15) is 16.5 Å². The van der Waals surface area contributed by atoms with Crippen LogP contribution in [0.5, 0.6) is 0 Å². The van der Waals surface area contributed by atoms with E-state index < -0.39 is 26.4 Å². The molecule has 2 aromatic carbocycles. The first-order chi connectivity index (χ1) is 11.7. The van der Waals surface area contributed by atoms with Crippen LogP contribution in [-0.4, -0.2) is 14.7 Å². The van der Waals surface area contributed by atoms with Crippen molar-refractivity contribution in [3.63, 3.8) is 0 Å². The van der Waals surface area contributed by atoms with Gasteiger partial charge in [0, 0.05) is 6.26 Å². The van der Waals surface area contributed by atoms with E-state index in [2.05, 4.69) is 0 Å². The van der Waals surface area contributed by atoms with Gasteiger partial charge < -0.3 is 0 Å². The Balaban J connectivity index is 2.16. The van der Waals surface area contributed by atoms with Crippen LogP contribution in [0.1, 0.15) is 28.7 Å². The molecule has 0 saturated carbocycles. The average molecular weight is 360 g/mol. The first-order valence-corrected chi connectivity index (χ1v) is 9.74. The summed E-state index contributed by atoms with van der Waals surface area (Å²) in [6.07, 6.45) is 5.20. The van der Waals surface area contributed by atoms with E-state index in [0.29, 0.717) is 12.0 Å². The number of benzene rings is 2. The van der Waals surface area contributed by atoms with Crippen molar-refractivity contribution in [3.8, 4) is 0 Å². The van der Waals surface area contributed by atoms with Crippen LogP contribution >= 0.6 is 0 Å². The van der Waals surface area contributed by atoms with Gasteiger partial charge in [-0.3, -0.25) is 0 Å². The standard InChI is InChI=1S/C20H18F2O2S/c1-12-7-8-14(9-13(12)2)16-5-4-6-17(16)15-10-18(21)20(19(22)11-15)25(3,23)24/h4-5,7-11H,6H2,1-3H3. The third-order valence-electron chi connectivity index (χ3n) is 4.47. The lowest BCUT2D eigenvalue weighted by atomic mass is 9.94. The summed E-state index contributed by atoms with van der Waals surface area (Å²) in [5.41, 5.74) is 5.31. The van der Waals surface area contributed by atoms with E-state index in [-0.39, 0.29) is 0 Å². The molecule has 0 unspecified atom stereocenters. The maximum absolute atomic E-state index is 14.2. The SMILES string of the molecule is Cc1ccc(C2=C(c3cc(F)c(S(C)(=O)=O)c(F)c3)CC=C2)cc1C. The Morgan fingerprint density at radius 3 is 2.12 bits per heavy atom. The van der Waals surface area contributed by atoms with Gasteiger partial charge in [0.05, 0.1) is 0 Å². The Hall–Kier alpha value is -2.27. The molecule has 1 aliphatic rings. The van der Waals surface area contributed by atoms with Crippen molar-refractivity contribution in [2.75, 3.05) is 6.26 Å².